The first kappa shape index (κ1) is 19.1. The topological polar surface area (TPSA) is 92.5 Å². The van der Waals surface area contributed by atoms with Gasteiger partial charge < -0.3 is 11.1 Å². The van der Waals surface area contributed by atoms with Gasteiger partial charge in [-0.25, -0.2) is 4.98 Å². The molecule has 27 heavy (non-hydrogen) atoms. The number of aryl methyl sites for hydroxylation is 1. The zero-order valence-corrected chi connectivity index (χ0v) is 16.5. The summed E-state index contributed by atoms with van der Waals surface area (Å²) in [6.07, 6.45) is 7.43. The van der Waals surface area contributed by atoms with E-state index in [0.717, 1.165) is 34.5 Å². The molecule has 0 aromatic carbocycles. The van der Waals surface area contributed by atoms with E-state index >= 15 is 0 Å². The molecule has 6 nitrogen and oxygen atoms in total. The maximum absolute atomic E-state index is 6.17. The molecule has 0 aliphatic rings. The molecule has 1 atom stereocenters. The lowest BCUT2D eigenvalue weighted by molar-refractivity contribution is 0.534. The van der Waals surface area contributed by atoms with Gasteiger partial charge in [-0.15, -0.1) is 0 Å². The SMILES string of the molecule is CCCCCCC(CC)c1ccc2c(N)nc(Nc3cc(C)[nH]n3)cc2n1. The first-order valence-electron chi connectivity index (χ1n) is 9.97. The fourth-order valence-electron chi connectivity index (χ4n) is 3.45. The lowest BCUT2D eigenvalue weighted by atomic mass is 9.94. The van der Waals surface area contributed by atoms with Crippen molar-refractivity contribution in [2.24, 2.45) is 0 Å². The molecule has 6 heteroatoms. The summed E-state index contributed by atoms with van der Waals surface area (Å²) >= 11 is 0. The number of pyridine rings is 2. The Hall–Kier alpha value is -2.63. The number of anilines is 3. The summed E-state index contributed by atoms with van der Waals surface area (Å²) in [6, 6.07) is 8.04. The van der Waals surface area contributed by atoms with Crippen LogP contribution >= 0.6 is 0 Å². The van der Waals surface area contributed by atoms with E-state index < -0.39 is 0 Å². The number of nitrogens with one attached hydrogen (secondary N) is 2. The third-order valence-corrected chi connectivity index (χ3v) is 5.02. The third-order valence-electron chi connectivity index (χ3n) is 5.02. The van der Waals surface area contributed by atoms with Crippen LogP contribution in [0.4, 0.5) is 17.5 Å². The van der Waals surface area contributed by atoms with Gasteiger partial charge in [-0.3, -0.25) is 10.1 Å². The van der Waals surface area contributed by atoms with Crippen LogP contribution in [0, 0.1) is 6.92 Å². The molecule has 0 aliphatic carbocycles. The minimum absolute atomic E-state index is 0.484. The number of fused-ring (bicyclic) bond motifs is 1. The van der Waals surface area contributed by atoms with E-state index in [1.165, 1.54) is 32.1 Å². The highest BCUT2D eigenvalue weighted by molar-refractivity contribution is 5.90. The van der Waals surface area contributed by atoms with Crippen LogP contribution in [0.1, 0.15) is 69.7 Å². The highest BCUT2D eigenvalue weighted by Gasteiger charge is 2.13. The van der Waals surface area contributed by atoms with Crippen molar-refractivity contribution >= 4 is 28.4 Å². The van der Waals surface area contributed by atoms with E-state index in [2.05, 4.69) is 46.5 Å². The monoisotopic (exact) mass is 366 g/mol. The maximum Gasteiger partial charge on any atom is 0.153 e. The Labute approximate surface area is 161 Å². The van der Waals surface area contributed by atoms with Gasteiger partial charge >= 0.3 is 0 Å². The summed E-state index contributed by atoms with van der Waals surface area (Å²) in [5, 5.41) is 11.2. The smallest absolute Gasteiger partial charge is 0.153 e. The van der Waals surface area contributed by atoms with Gasteiger partial charge in [0, 0.05) is 34.8 Å². The van der Waals surface area contributed by atoms with Crippen molar-refractivity contribution in [2.75, 3.05) is 11.1 Å². The number of hydrogen-bond acceptors (Lipinski definition) is 5. The van der Waals surface area contributed by atoms with Crippen molar-refractivity contribution in [1.82, 2.24) is 20.2 Å². The number of hydrogen-bond donors (Lipinski definition) is 3. The summed E-state index contributed by atoms with van der Waals surface area (Å²) in [6.45, 7) is 6.44. The van der Waals surface area contributed by atoms with E-state index in [0.29, 0.717) is 17.6 Å². The standard InChI is InChI=1S/C21H30N6/c1-4-6-7-8-9-15(5-2)17-11-10-16-18(23-17)13-19(25-21(16)22)24-20-12-14(3)26-27-20/h10-13,15H,4-9H2,1-3H3,(H4,22,24,25,26,27). The number of nitrogen functional groups attached to an aromatic ring is 1. The van der Waals surface area contributed by atoms with Gasteiger partial charge in [0.05, 0.1) is 5.52 Å². The van der Waals surface area contributed by atoms with Gasteiger partial charge in [-0.05, 0) is 31.9 Å². The van der Waals surface area contributed by atoms with Gasteiger partial charge in [0.1, 0.15) is 11.6 Å². The summed E-state index contributed by atoms with van der Waals surface area (Å²) in [5.74, 6) is 2.35. The molecule has 3 aromatic rings. The van der Waals surface area contributed by atoms with Crippen LogP contribution in [-0.2, 0) is 0 Å². The molecule has 0 fully saturated rings. The lowest BCUT2D eigenvalue weighted by Crippen LogP contribution is -2.03. The van der Waals surface area contributed by atoms with Crippen molar-refractivity contribution < 1.29 is 0 Å². The van der Waals surface area contributed by atoms with Crippen molar-refractivity contribution in [3.05, 3.63) is 35.7 Å². The molecule has 0 saturated heterocycles. The second-order valence-electron chi connectivity index (χ2n) is 7.21. The second kappa shape index (κ2) is 8.84. The molecule has 3 rings (SSSR count). The Bertz CT molecular complexity index is 886. The summed E-state index contributed by atoms with van der Waals surface area (Å²) < 4.78 is 0. The first-order valence-corrected chi connectivity index (χ1v) is 9.97. The number of aromatic amines is 1. The molecule has 1 unspecified atom stereocenters. The second-order valence-corrected chi connectivity index (χ2v) is 7.21. The zero-order valence-electron chi connectivity index (χ0n) is 16.5. The maximum atomic E-state index is 6.17. The first-order chi connectivity index (χ1) is 13.1. The zero-order chi connectivity index (χ0) is 19.2. The Morgan fingerprint density at radius 1 is 1.07 bits per heavy atom. The van der Waals surface area contributed by atoms with Crippen LogP contribution in [0.15, 0.2) is 24.3 Å². The van der Waals surface area contributed by atoms with Gasteiger partial charge in [0.25, 0.3) is 0 Å². The van der Waals surface area contributed by atoms with Crippen molar-refractivity contribution in [1.29, 1.82) is 0 Å². The van der Waals surface area contributed by atoms with E-state index in [9.17, 15) is 0 Å². The quantitative estimate of drug-likeness (QED) is 0.438. The molecule has 0 aliphatic heterocycles. The average molecular weight is 367 g/mol. The summed E-state index contributed by atoms with van der Waals surface area (Å²) in [7, 11) is 0. The number of aromatic nitrogens is 4. The molecule has 4 N–H and O–H groups in total. The van der Waals surface area contributed by atoms with E-state index in [-0.39, 0.29) is 0 Å². The molecule has 3 heterocycles. The van der Waals surface area contributed by atoms with Crippen molar-refractivity contribution in [3.8, 4) is 0 Å². The Kier molecular flexibility index (Phi) is 6.27. The number of nitrogens with zero attached hydrogens (tertiary/aromatic N) is 3. The highest BCUT2D eigenvalue weighted by atomic mass is 15.2. The molecule has 3 aromatic heterocycles. The molecule has 144 valence electrons. The predicted octanol–water partition coefficient (Wildman–Crippen LogP) is 5.45. The molecule has 0 amide bonds. The summed E-state index contributed by atoms with van der Waals surface area (Å²) in [4.78, 5) is 9.37. The van der Waals surface area contributed by atoms with Crippen LogP contribution < -0.4 is 11.1 Å². The van der Waals surface area contributed by atoms with Gasteiger partial charge in [-0.1, -0.05) is 39.5 Å². The molecule has 0 bridgehead atoms. The molecular formula is C21H30N6. The van der Waals surface area contributed by atoms with Crippen molar-refractivity contribution in [2.45, 2.75) is 65.2 Å². The van der Waals surface area contributed by atoms with Crippen LogP contribution in [0.25, 0.3) is 10.9 Å². The van der Waals surface area contributed by atoms with E-state index in [4.69, 9.17) is 10.7 Å². The predicted molar refractivity (Wildman–Crippen MR) is 112 cm³/mol. The third kappa shape index (κ3) is 4.76. The van der Waals surface area contributed by atoms with Gasteiger partial charge in [-0.2, -0.15) is 5.10 Å². The Morgan fingerprint density at radius 2 is 1.93 bits per heavy atom. The van der Waals surface area contributed by atoms with Crippen LogP contribution in [0.3, 0.4) is 0 Å². The molecule has 0 radical (unpaired) electrons. The minimum Gasteiger partial charge on any atom is -0.383 e. The molecular weight excluding hydrogens is 336 g/mol. The van der Waals surface area contributed by atoms with E-state index in [1.807, 2.05) is 19.1 Å². The minimum atomic E-state index is 0.484. The van der Waals surface area contributed by atoms with Crippen molar-refractivity contribution in [3.63, 3.8) is 0 Å². The number of H-pyrrole nitrogens is 1. The number of rotatable bonds is 9. The Morgan fingerprint density at radius 3 is 2.63 bits per heavy atom. The lowest BCUT2D eigenvalue weighted by Gasteiger charge is -2.15. The number of unbranched alkanes of at least 4 members (excludes halogenated alkanes) is 3. The summed E-state index contributed by atoms with van der Waals surface area (Å²) in [5.41, 5.74) is 9.18. The molecule has 0 spiro atoms. The fourth-order valence-corrected chi connectivity index (χ4v) is 3.45. The van der Waals surface area contributed by atoms with Gasteiger partial charge in [0.15, 0.2) is 5.82 Å². The molecule has 0 saturated carbocycles. The van der Waals surface area contributed by atoms with Crippen LogP contribution in [0.2, 0.25) is 0 Å². The van der Waals surface area contributed by atoms with Gasteiger partial charge in [0.2, 0.25) is 0 Å². The largest absolute Gasteiger partial charge is 0.383 e. The Balaban J connectivity index is 1.83. The average Bonchev–Trinajstić information content (AvgIpc) is 3.06. The van der Waals surface area contributed by atoms with Crippen LogP contribution in [-0.4, -0.2) is 20.2 Å². The highest BCUT2D eigenvalue weighted by Crippen LogP contribution is 2.29. The van der Waals surface area contributed by atoms with Crippen LogP contribution in [0.5, 0.6) is 0 Å². The fraction of sp³-hybridized carbons (Fsp3) is 0.476. The normalized spacial score (nSPS) is 12.4. The number of nitrogens with two attached hydrogens (primary N) is 1. The van der Waals surface area contributed by atoms with E-state index in [1.54, 1.807) is 0 Å².